The minimum atomic E-state index is -3.62. The van der Waals surface area contributed by atoms with Crippen molar-refractivity contribution < 1.29 is 13.2 Å². The van der Waals surface area contributed by atoms with E-state index in [1.54, 1.807) is 11.9 Å². The number of hydrogen-bond donors (Lipinski definition) is 3. The second-order valence-electron chi connectivity index (χ2n) is 5.47. The second-order valence-corrected chi connectivity index (χ2v) is 7.07. The fraction of sp³-hybridized carbons (Fsp3) is 0.750. The lowest BCUT2D eigenvalue weighted by atomic mass is 10.3. The summed E-state index contributed by atoms with van der Waals surface area (Å²) in [6.45, 7) is 4.35. The standard InChI is InChI=1S/C12H21N5O3S/c1-9-12(11(15-14-9)8-13-10-2-3-10)21(18,19)16-17-4-6-20-7-5-17/h10,13,16H,2-8H2,1H3,(H,14,15). The minimum absolute atomic E-state index is 0.252. The minimum Gasteiger partial charge on any atom is -0.379 e. The van der Waals surface area contributed by atoms with E-state index in [2.05, 4.69) is 20.3 Å². The van der Waals surface area contributed by atoms with Crippen molar-refractivity contribution in [3.63, 3.8) is 0 Å². The molecule has 3 rings (SSSR count). The van der Waals surface area contributed by atoms with Gasteiger partial charge in [-0.15, -0.1) is 4.83 Å². The third kappa shape index (κ3) is 3.61. The van der Waals surface area contributed by atoms with E-state index in [1.807, 2.05) is 0 Å². The molecule has 1 aromatic rings. The Morgan fingerprint density at radius 2 is 2.10 bits per heavy atom. The van der Waals surface area contributed by atoms with Crippen LogP contribution in [-0.4, -0.2) is 56.0 Å². The molecule has 1 aromatic heterocycles. The third-order valence-corrected chi connectivity index (χ3v) is 5.20. The number of nitrogens with one attached hydrogen (secondary N) is 3. The zero-order valence-corrected chi connectivity index (χ0v) is 12.9. The van der Waals surface area contributed by atoms with Gasteiger partial charge in [0.25, 0.3) is 10.0 Å². The Balaban J connectivity index is 1.74. The number of ether oxygens (including phenoxy) is 1. The topological polar surface area (TPSA) is 99.3 Å². The van der Waals surface area contributed by atoms with Gasteiger partial charge in [0.1, 0.15) is 4.90 Å². The van der Waals surface area contributed by atoms with Gasteiger partial charge in [-0.25, -0.2) is 13.4 Å². The van der Waals surface area contributed by atoms with Crippen LogP contribution in [0.3, 0.4) is 0 Å². The number of aromatic nitrogens is 2. The molecule has 0 amide bonds. The molecule has 0 radical (unpaired) electrons. The van der Waals surface area contributed by atoms with E-state index in [0.717, 1.165) is 12.8 Å². The summed E-state index contributed by atoms with van der Waals surface area (Å²) < 4.78 is 30.4. The van der Waals surface area contributed by atoms with Crippen LogP contribution < -0.4 is 10.1 Å². The lowest BCUT2D eigenvalue weighted by Gasteiger charge is -2.26. The van der Waals surface area contributed by atoms with Crippen LogP contribution >= 0.6 is 0 Å². The maximum absolute atomic E-state index is 12.6. The van der Waals surface area contributed by atoms with Crippen LogP contribution in [0.2, 0.25) is 0 Å². The Hall–Kier alpha value is -1.00. The summed E-state index contributed by atoms with van der Waals surface area (Å²) in [5.41, 5.74) is 1.10. The Labute approximate surface area is 124 Å². The van der Waals surface area contributed by atoms with E-state index >= 15 is 0 Å². The van der Waals surface area contributed by atoms with Gasteiger partial charge in [-0.3, -0.25) is 5.10 Å². The number of nitrogens with zero attached hydrogens (tertiary/aromatic N) is 2. The summed E-state index contributed by atoms with van der Waals surface area (Å²) in [6, 6.07) is 0.504. The molecular weight excluding hydrogens is 294 g/mol. The Kier molecular flexibility index (Phi) is 4.27. The van der Waals surface area contributed by atoms with Crippen LogP contribution in [-0.2, 0) is 21.3 Å². The van der Waals surface area contributed by atoms with Gasteiger partial charge in [0.05, 0.1) is 24.6 Å². The number of morpholine rings is 1. The molecule has 8 nitrogen and oxygen atoms in total. The van der Waals surface area contributed by atoms with Crippen LogP contribution in [0.4, 0.5) is 0 Å². The Morgan fingerprint density at radius 3 is 2.76 bits per heavy atom. The Bertz CT molecular complexity index is 590. The number of aryl methyl sites for hydroxylation is 1. The van der Waals surface area contributed by atoms with E-state index in [-0.39, 0.29) is 4.90 Å². The van der Waals surface area contributed by atoms with Crippen molar-refractivity contribution in [1.29, 1.82) is 0 Å². The van der Waals surface area contributed by atoms with Gasteiger partial charge in [0, 0.05) is 25.7 Å². The van der Waals surface area contributed by atoms with Crippen LogP contribution in [0.1, 0.15) is 24.2 Å². The van der Waals surface area contributed by atoms with Crippen molar-refractivity contribution in [3.8, 4) is 0 Å². The molecule has 21 heavy (non-hydrogen) atoms. The zero-order chi connectivity index (χ0) is 14.9. The van der Waals surface area contributed by atoms with E-state index in [0.29, 0.717) is 50.3 Å². The van der Waals surface area contributed by atoms with Crippen molar-refractivity contribution in [1.82, 2.24) is 25.4 Å². The maximum atomic E-state index is 12.6. The van der Waals surface area contributed by atoms with E-state index in [1.165, 1.54) is 0 Å². The first-order valence-corrected chi connectivity index (χ1v) is 8.67. The first kappa shape index (κ1) is 14.9. The summed E-state index contributed by atoms with van der Waals surface area (Å²) in [5, 5.41) is 11.9. The van der Waals surface area contributed by atoms with E-state index in [9.17, 15) is 8.42 Å². The predicted molar refractivity (Wildman–Crippen MR) is 75.9 cm³/mol. The molecule has 3 N–H and O–H groups in total. The van der Waals surface area contributed by atoms with Crippen molar-refractivity contribution in [2.24, 2.45) is 0 Å². The summed E-state index contributed by atoms with van der Waals surface area (Å²) in [7, 11) is -3.62. The van der Waals surface area contributed by atoms with Gasteiger partial charge in [-0.1, -0.05) is 0 Å². The summed E-state index contributed by atoms with van der Waals surface area (Å²) in [4.78, 5) is 2.87. The molecule has 0 atom stereocenters. The van der Waals surface area contributed by atoms with E-state index in [4.69, 9.17) is 4.74 Å². The highest BCUT2D eigenvalue weighted by atomic mass is 32.2. The molecule has 1 saturated heterocycles. The van der Waals surface area contributed by atoms with Gasteiger partial charge in [0.2, 0.25) is 0 Å². The second kappa shape index (κ2) is 6.01. The number of hydrogen-bond acceptors (Lipinski definition) is 6. The fourth-order valence-corrected chi connectivity index (χ4v) is 3.84. The predicted octanol–water partition coefficient (Wildman–Crippen LogP) is -0.504. The first-order chi connectivity index (χ1) is 10.1. The number of hydrazine groups is 1. The lowest BCUT2D eigenvalue weighted by Crippen LogP contribution is -2.48. The number of rotatable bonds is 6. The molecule has 1 aliphatic heterocycles. The average molecular weight is 315 g/mol. The molecule has 1 saturated carbocycles. The SMILES string of the molecule is Cc1[nH]nc(CNC2CC2)c1S(=O)(=O)NN1CCOCC1. The zero-order valence-electron chi connectivity index (χ0n) is 12.1. The summed E-state index contributed by atoms with van der Waals surface area (Å²) in [6.07, 6.45) is 2.30. The van der Waals surface area contributed by atoms with Crippen LogP contribution in [0.5, 0.6) is 0 Å². The van der Waals surface area contributed by atoms with Crippen LogP contribution in [0.15, 0.2) is 4.90 Å². The van der Waals surface area contributed by atoms with Gasteiger partial charge in [-0.05, 0) is 19.8 Å². The van der Waals surface area contributed by atoms with E-state index < -0.39 is 10.0 Å². The molecule has 118 valence electrons. The Morgan fingerprint density at radius 1 is 1.38 bits per heavy atom. The lowest BCUT2D eigenvalue weighted by molar-refractivity contribution is 0.0272. The maximum Gasteiger partial charge on any atom is 0.257 e. The van der Waals surface area contributed by atoms with Crippen molar-refractivity contribution >= 4 is 10.0 Å². The van der Waals surface area contributed by atoms with Gasteiger partial charge >= 0.3 is 0 Å². The normalized spacial score (nSPS) is 20.8. The molecule has 2 aliphatic rings. The van der Waals surface area contributed by atoms with Gasteiger partial charge in [-0.2, -0.15) is 5.10 Å². The molecule has 0 bridgehead atoms. The molecule has 0 spiro atoms. The highest BCUT2D eigenvalue weighted by Gasteiger charge is 2.28. The molecular formula is C12H21N5O3S. The molecule has 0 aromatic carbocycles. The highest BCUT2D eigenvalue weighted by Crippen LogP contribution is 2.22. The monoisotopic (exact) mass is 315 g/mol. The molecule has 0 unspecified atom stereocenters. The summed E-state index contributed by atoms with van der Waals surface area (Å²) in [5.74, 6) is 0. The average Bonchev–Trinajstić information content (AvgIpc) is 3.19. The van der Waals surface area contributed by atoms with Gasteiger partial charge < -0.3 is 10.1 Å². The third-order valence-electron chi connectivity index (χ3n) is 3.63. The fourth-order valence-electron chi connectivity index (χ4n) is 2.34. The quantitative estimate of drug-likeness (QED) is 0.654. The van der Waals surface area contributed by atoms with Crippen LogP contribution in [0, 0.1) is 6.92 Å². The van der Waals surface area contributed by atoms with Crippen molar-refractivity contribution in [2.75, 3.05) is 26.3 Å². The largest absolute Gasteiger partial charge is 0.379 e. The number of aromatic amines is 1. The van der Waals surface area contributed by atoms with Gasteiger partial charge in [0.15, 0.2) is 0 Å². The molecule has 1 aliphatic carbocycles. The molecule has 2 fully saturated rings. The number of sulfonamides is 1. The first-order valence-electron chi connectivity index (χ1n) is 7.18. The highest BCUT2D eigenvalue weighted by molar-refractivity contribution is 7.89. The smallest absolute Gasteiger partial charge is 0.257 e. The number of H-pyrrole nitrogens is 1. The summed E-state index contributed by atoms with van der Waals surface area (Å²) >= 11 is 0. The molecule has 2 heterocycles. The van der Waals surface area contributed by atoms with Crippen LogP contribution in [0.25, 0.3) is 0 Å². The van der Waals surface area contributed by atoms with Crippen molar-refractivity contribution in [3.05, 3.63) is 11.4 Å². The van der Waals surface area contributed by atoms with Crippen molar-refractivity contribution in [2.45, 2.75) is 37.2 Å². The molecule has 9 heteroatoms.